The first kappa shape index (κ1) is 34.0. The van der Waals surface area contributed by atoms with Gasteiger partial charge in [-0.25, -0.2) is 8.42 Å². The summed E-state index contributed by atoms with van der Waals surface area (Å²) in [5.41, 5.74) is 2.77. The number of carbonyl (C=O) groups excluding carboxylic acids is 2. The number of rotatable bonds is 14. The van der Waals surface area contributed by atoms with Crippen LogP contribution in [0.1, 0.15) is 36.5 Å². The minimum absolute atomic E-state index is 0.0166. The summed E-state index contributed by atoms with van der Waals surface area (Å²) in [6.07, 6.45) is 1.91. The maximum absolute atomic E-state index is 14.5. The van der Waals surface area contributed by atoms with Crippen LogP contribution in [0.15, 0.2) is 108 Å². The molecule has 45 heavy (non-hydrogen) atoms. The lowest BCUT2D eigenvalue weighted by Gasteiger charge is -2.34. The Morgan fingerprint density at radius 3 is 2.13 bits per heavy atom. The van der Waals surface area contributed by atoms with Gasteiger partial charge in [-0.3, -0.25) is 13.9 Å². The maximum atomic E-state index is 14.5. The molecule has 0 saturated heterocycles. The number of nitrogens with zero attached hydrogens (tertiary/aromatic N) is 2. The van der Waals surface area contributed by atoms with Crippen molar-refractivity contribution in [2.45, 2.75) is 50.6 Å². The Hall–Kier alpha value is -3.85. The molecule has 0 saturated carbocycles. The molecule has 0 radical (unpaired) electrons. The molecule has 0 aliphatic heterocycles. The van der Waals surface area contributed by atoms with Gasteiger partial charge in [0.2, 0.25) is 11.8 Å². The van der Waals surface area contributed by atoms with Crippen LogP contribution in [0, 0.1) is 6.92 Å². The highest BCUT2D eigenvalue weighted by molar-refractivity contribution is 7.92. The molecule has 0 unspecified atom stereocenters. The number of anilines is 1. The number of benzene rings is 4. The highest BCUT2D eigenvalue weighted by atomic mass is 35.5. The number of unbranched alkanes of at least 4 members (excludes halogenated alkanes) is 1. The summed E-state index contributed by atoms with van der Waals surface area (Å²) in [5.74, 6) is -0.885. The van der Waals surface area contributed by atoms with Crippen LogP contribution in [0.2, 0.25) is 10.0 Å². The molecule has 0 bridgehead atoms. The Labute approximate surface area is 275 Å². The van der Waals surface area contributed by atoms with E-state index in [0.717, 1.165) is 33.8 Å². The van der Waals surface area contributed by atoms with E-state index in [0.29, 0.717) is 6.54 Å². The van der Waals surface area contributed by atoms with Gasteiger partial charge in [0, 0.05) is 24.5 Å². The van der Waals surface area contributed by atoms with E-state index in [2.05, 4.69) is 5.32 Å². The van der Waals surface area contributed by atoms with Crippen molar-refractivity contribution >= 4 is 50.7 Å². The third kappa shape index (κ3) is 9.10. The lowest BCUT2D eigenvalue weighted by atomic mass is 10.0. The fourth-order valence-corrected chi connectivity index (χ4v) is 6.74. The topological polar surface area (TPSA) is 86.8 Å². The Morgan fingerprint density at radius 1 is 0.844 bits per heavy atom. The molecule has 0 aromatic heterocycles. The molecule has 236 valence electrons. The monoisotopic (exact) mass is 665 g/mol. The molecule has 0 aliphatic rings. The van der Waals surface area contributed by atoms with Crippen LogP contribution < -0.4 is 9.62 Å². The van der Waals surface area contributed by atoms with Crippen LogP contribution in [0.25, 0.3) is 0 Å². The molecule has 4 aromatic carbocycles. The molecule has 7 nitrogen and oxygen atoms in total. The van der Waals surface area contributed by atoms with E-state index in [1.807, 2.05) is 68.4 Å². The summed E-state index contributed by atoms with van der Waals surface area (Å²) in [6, 6.07) is 28.5. The Balaban J connectivity index is 1.81. The second-order valence-corrected chi connectivity index (χ2v) is 13.5. The minimum Gasteiger partial charge on any atom is -0.354 e. The van der Waals surface area contributed by atoms with E-state index < -0.39 is 28.5 Å². The van der Waals surface area contributed by atoms with Crippen LogP contribution in [0.5, 0.6) is 0 Å². The Kier molecular flexibility index (Phi) is 12.0. The van der Waals surface area contributed by atoms with Gasteiger partial charge in [-0.05, 0) is 54.8 Å². The van der Waals surface area contributed by atoms with Gasteiger partial charge < -0.3 is 10.2 Å². The van der Waals surface area contributed by atoms with Crippen molar-refractivity contribution in [1.29, 1.82) is 0 Å². The molecule has 0 aliphatic carbocycles. The van der Waals surface area contributed by atoms with E-state index in [-0.39, 0.29) is 39.5 Å². The number of sulfonamides is 1. The molecule has 2 amide bonds. The number of halogens is 2. The van der Waals surface area contributed by atoms with E-state index in [1.165, 1.54) is 29.2 Å². The van der Waals surface area contributed by atoms with Crippen molar-refractivity contribution in [3.63, 3.8) is 0 Å². The summed E-state index contributed by atoms with van der Waals surface area (Å²) >= 11 is 12.8. The molecule has 0 spiro atoms. The fourth-order valence-electron chi connectivity index (χ4n) is 4.86. The number of amides is 2. The Bertz CT molecular complexity index is 1690. The number of aryl methyl sites for hydroxylation is 1. The standard InChI is InChI=1S/C35H37Cl2N3O4S/c1-3-4-21-38-35(42)33(22-27-11-7-5-8-12-27)39(24-28-17-15-26(2)16-18-28)34(41)25-40(32-23-29(36)19-20-31(32)37)45(43,44)30-13-9-6-10-14-30/h5-20,23,33H,3-4,21-22,24-25H2,1-2H3,(H,38,42)/t33-/m1/s1. The van der Waals surface area contributed by atoms with Gasteiger partial charge in [-0.1, -0.05) is 115 Å². The molecule has 4 aromatic rings. The second-order valence-electron chi connectivity index (χ2n) is 10.8. The molecule has 1 atom stereocenters. The highest BCUT2D eigenvalue weighted by Gasteiger charge is 2.35. The van der Waals surface area contributed by atoms with Crippen molar-refractivity contribution < 1.29 is 18.0 Å². The molecule has 4 rings (SSSR count). The number of hydrogen-bond donors (Lipinski definition) is 1. The normalized spacial score (nSPS) is 11.9. The van der Waals surface area contributed by atoms with Gasteiger partial charge in [0.25, 0.3) is 10.0 Å². The smallest absolute Gasteiger partial charge is 0.264 e. The Morgan fingerprint density at radius 2 is 1.49 bits per heavy atom. The first-order valence-corrected chi connectivity index (χ1v) is 17.0. The van der Waals surface area contributed by atoms with Gasteiger partial charge in [-0.2, -0.15) is 0 Å². The lowest BCUT2D eigenvalue weighted by Crippen LogP contribution is -2.53. The zero-order valence-corrected chi connectivity index (χ0v) is 27.7. The first-order valence-electron chi connectivity index (χ1n) is 14.8. The quantitative estimate of drug-likeness (QED) is 0.146. The minimum atomic E-state index is -4.28. The van der Waals surface area contributed by atoms with Crippen molar-refractivity contribution in [3.05, 3.63) is 130 Å². The van der Waals surface area contributed by atoms with Crippen LogP contribution in [-0.4, -0.2) is 44.3 Å². The molecule has 0 fully saturated rings. The summed E-state index contributed by atoms with van der Waals surface area (Å²) < 4.78 is 29.2. The zero-order chi connectivity index (χ0) is 32.4. The first-order chi connectivity index (χ1) is 21.6. The van der Waals surface area contributed by atoms with Crippen molar-refractivity contribution in [3.8, 4) is 0 Å². The maximum Gasteiger partial charge on any atom is 0.264 e. The van der Waals surface area contributed by atoms with Crippen molar-refractivity contribution in [2.75, 3.05) is 17.4 Å². The number of carbonyl (C=O) groups is 2. The lowest BCUT2D eigenvalue weighted by molar-refractivity contribution is -0.140. The van der Waals surface area contributed by atoms with Gasteiger partial charge in [-0.15, -0.1) is 0 Å². The average molecular weight is 667 g/mol. The third-order valence-electron chi connectivity index (χ3n) is 7.36. The average Bonchev–Trinajstić information content (AvgIpc) is 3.04. The fraction of sp³-hybridized carbons (Fsp3) is 0.257. The molecule has 1 N–H and O–H groups in total. The second kappa shape index (κ2) is 15.9. The number of nitrogens with one attached hydrogen (secondary N) is 1. The van der Waals surface area contributed by atoms with Crippen LogP contribution in [0.3, 0.4) is 0 Å². The largest absolute Gasteiger partial charge is 0.354 e. The number of hydrogen-bond acceptors (Lipinski definition) is 4. The SMILES string of the molecule is CCCCNC(=O)[C@@H](Cc1ccccc1)N(Cc1ccc(C)cc1)C(=O)CN(c1cc(Cl)ccc1Cl)S(=O)(=O)c1ccccc1. The molecule has 10 heteroatoms. The van der Waals surface area contributed by atoms with E-state index in [9.17, 15) is 18.0 Å². The van der Waals surface area contributed by atoms with Gasteiger partial charge in [0.05, 0.1) is 15.6 Å². The van der Waals surface area contributed by atoms with Crippen molar-refractivity contribution in [2.24, 2.45) is 0 Å². The zero-order valence-electron chi connectivity index (χ0n) is 25.3. The van der Waals surface area contributed by atoms with Gasteiger partial charge in [0.1, 0.15) is 12.6 Å². The molecule has 0 heterocycles. The van der Waals surface area contributed by atoms with Gasteiger partial charge in [0.15, 0.2) is 0 Å². The summed E-state index contributed by atoms with van der Waals surface area (Å²) in [4.78, 5) is 29.8. The predicted molar refractivity (Wildman–Crippen MR) is 181 cm³/mol. The van der Waals surface area contributed by atoms with Crippen LogP contribution >= 0.6 is 23.2 Å². The summed E-state index contributed by atoms with van der Waals surface area (Å²) in [6.45, 7) is 3.92. The summed E-state index contributed by atoms with van der Waals surface area (Å²) in [5, 5.41) is 3.35. The predicted octanol–water partition coefficient (Wildman–Crippen LogP) is 7.05. The molecular formula is C35H37Cl2N3O4S. The van der Waals surface area contributed by atoms with Gasteiger partial charge >= 0.3 is 0 Å². The molecular weight excluding hydrogens is 629 g/mol. The van der Waals surface area contributed by atoms with Crippen molar-refractivity contribution in [1.82, 2.24) is 10.2 Å². The van der Waals surface area contributed by atoms with Crippen LogP contribution in [-0.2, 0) is 32.6 Å². The summed E-state index contributed by atoms with van der Waals surface area (Å²) in [7, 11) is -4.28. The van der Waals surface area contributed by atoms with E-state index in [4.69, 9.17) is 23.2 Å². The van der Waals surface area contributed by atoms with E-state index >= 15 is 0 Å². The third-order valence-corrected chi connectivity index (χ3v) is 9.69. The van der Waals surface area contributed by atoms with E-state index in [1.54, 1.807) is 24.3 Å². The highest BCUT2D eigenvalue weighted by Crippen LogP contribution is 2.33. The van der Waals surface area contributed by atoms with Crippen LogP contribution in [0.4, 0.5) is 5.69 Å².